The number of hydrogen-bond acceptors (Lipinski definition) is 6. The Morgan fingerprint density at radius 3 is 2.69 bits per heavy atom. The van der Waals surface area contributed by atoms with Crippen LogP contribution >= 0.6 is 0 Å². The van der Waals surface area contributed by atoms with Gasteiger partial charge in [-0.3, -0.25) is 0 Å². The number of cyclic esters (lactones) is 1. The van der Waals surface area contributed by atoms with Gasteiger partial charge >= 0.3 is 5.97 Å². The van der Waals surface area contributed by atoms with E-state index >= 15 is 0 Å². The Morgan fingerprint density at radius 2 is 2.06 bits per heavy atom. The second kappa shape index (κ2) is 11.9. The first-order chi connectivity index (χ1) is 15.1. The van der Waals surface area contributed by atoms with Crippen molar-refractivity contribution in [3.8, 4) is 0 Å². The number of benzene rings is 1. The summed E-state index contributed by atoms with van der Waals surface area (Å²) in [6, 6.07) is 7.94. The minimum absolute atomic E-state index is 0.00941. The second-order valence-electron chi connectivity index (χ2n) is 9.62. The normalized spacial score (nSPS) is 28.5. The number of carbonyl (C=O) groups excluding carboxylic acids is 1. The van der Waals surface area contributed by atoms with Gasteiger partial charge in [-0.2, -0.15) is 0 Å². The monoisotopic (exact) mass is 448 g/mol. The van der Waals surface area contributed by atoms with E-state index in [1.165, 1.54) is 0 Å². The molecule has 1 aliphatic heterocycles. The highest BCUT2D eigenvalue weighted by Gasteiger charge is 2.32. The zero-order valence-corrected chi connectivity index (χ0v) is 20.1. The van der Waals surface area contributed by atoms with Gasteiger partial charge in [-0.15, -0.1) is 0 Å². The molecule has 0 spiro atoms. The van der Waals surface area contributed by atoms with Gasteiger partial charge in [0.15, 0.2) is 6.10 Å². The topological polar surface area (TPSA) is 96.2 Å². The molecule has 1 heterocycles. The molecule has 3 N–H and O–H groups in total. The Bertz CT molecular complexity index is 767. The van der Waals surface area contributed by atoms with Crippen LogP contribution in [0.25, 0.3) is 0 Å². The van der Waals surface area contributed by atoms with Crippen LogP contribution in [-0.4, -0.2) is 59.4 Å². The summed E-state index contributed by atoms with van der Waals surface area (Å²) in [6.07, 6.45) is 1.24. The molecule has 2 rings (SSSR count). The van der Waals surface area contributed by atoms with Crippen LogP contribution in [0.1, 0.15) is 64.5 Å². The smallest absolute Gasteiger partial charge is 0.338 e. The Balaban J connectivity index is 2.40. The van der Waals surface area contributed by atoms with Crippen molar-refractivity contribution >= 4 is 5.97 Å². The van der Waals surface area contributed by atoms with Crippen LogP contribution in [0.5, 0.6) is 0 Å². The summed E-state index contributed by atoms with van der Waals surface area (Å²) in [6.45, 7) is 8.23. The van der Waals surface area contributed by atoms with Crippen molar-refractivity contribution in [2.75, 3.05) is 13.7 Å². The zero-order chi connectivity index (χ0) is 23.9. The molecule has 1 aromatic rings. The van der Waals surface area contributed by atoms with Gasteiger partial charge in [0.2, 0.25) is 0 Å². The molecule has 1 aliphatic rings. The Kier molecular flexibility index (Phi) is 9.89. The molecule has 0 aromatic heterocycles. The first kappa shape index (κ1) is 26.5. The van der Waals surface area contributed by atoms with E-state index in [1.54, 1.807) is 7.11 Å². The number of hydrogen-bond donors (Lipinski definition) is 3. The maximum absolute atomic E-state index is 12.7. The lowest BCUT2D eigenvalue weighted by Gasteiger charge is -2.31. The number of carbonyl (C=O) groups is 1. The van der Waals surface area contributed by atoms with Gasteiger partial charge < -0.3 is 24.8 Å². The molecule has 0 amide bonds. The summed E-state index contributed by atoms with van der Waals surface area (Å²) in [7, 11) is 1.65. The summed E-state index contributed by atoms with van der Waals surface area (Å²) in [4.78, 5) is 12.7. The van der Waals surface area contributed by atoms with Crippen molar-refractivity contribution in [3.63, 3.8) is 0 Å². The number of rotatable bonds is 5. The summed E-state index contributed by atoms with van der Waals surface area (Å²) in [5.41, 5.74) is 2.70. The Labute approximate surface area is 192 Å². The first-order valence-electron chi connectivity index (χ1n) is 11.6. The maximum Gasteiger partial charge on any atom is 0.338 e. The maximum atomic E-state index is 12.7. The lowest BCUT2D eigenvalue weighted by Crippen LogP contribution is -2.40. The van der Waals surface area contributed by atoms with E-state index in [1.807, 2.05) is 38.1 Å². The van der Waals surface area contributed by atoms with E-state index in [-0.39, 0.29) is 30.5 Å². The van der Waals surface area contributed by atoms with Gasteiger partial charge in [0.25, 0.3) is 0 Å². The van der Waals surface area contributed by atoms with E-state index in [2.05, 4.69) is 19.9 Å². The highest BCUT2D eigenvalue weighted by molar-refractivity contribution is 5.75. The van der Waals surface area contributed by atoms with E-state index < -0.39 is 24.3 Å². The van der Waals surface area contributed by atoms with E-state index in [4.69, 9.17) is 9.47 Å². The molecule has 6 heteroatoms. The van der Waals surface area contributed by atoms with Crippen LogP contribution in [0, 0.1) is 5.92 Å². The van der Waals surface area contributed by atoms with E-state index in [0.717, 1.165) is 36.0 Å². The predicted molar refractivity (Wildman–Crippen MR) is 124 cm³/mol. The third-order valence-corrected chi connectivity index (χ3v) is 6.68. The molecule has 32 heavy (non-hydrogen) atoms. The molecule has 0 fully saturated rings. The number of aliphatic hydroxyl groups is 3. The van der Waals surface area contributed by atoms with Crippen LogP contribution in [0.3, 0.4) is 0 Å². The highest BCUT2D eigenvalue weighted by Crippen LogP contribution is 2.32. The van der Waals surface area contributed by atoms with Crippen LogP contribution in [0.2, 0.25) is 0 Å². The average molecular weight is 449 g/mol. The Hall–Kier alpha value is -1.73. The molecular weight excluding hydrogens is 408 g/mol. The molecule has 0 radical (unpaired) electrons. The molecule has 180 valence electrons. The molecular formula is C26H40O6. The molecule has 0 saturated carbocycles. The van der Waals surface area contributed by atoms with Crippen molar-refractivity contribution in [1.29, 1.82) is 0 Å². The molecule has 5 unspecified atom stereocenters. The fraction of sp³-hybridized carbons (Fsp3) is 0.654. The lowest BCUT2D eigenvalue weighted by atomic mass is 9.78. The van der Waals surface area contributed by atoms with Gasteiger partial charge in [0, 0.05) is 32.5 Å². The van der Waals surface area contributed by atoms with Gasteiger partial charge in [-0.1, -0.05) is 51.1 Å². The SMILES string of the molecule is CCC(C=C(C)C1CC(OC)CCC(C)(C)c2cccc(c2)CC(O)C(O)C(=O)O1)CO. The third kappa shape index (κ3) is 7.14. The Morgan fingerprint density at radius 1 is 1.34 bits per heavy atom. The zero-order valence-electron chi connectivity index (χ0n) is 20.1. The van der Waals surface area contributed by atoms with Gasteiger partial charge in [-0.05, 0) is 48.3 Å². The van der Waals surface area contributed by atoms with Crippen LogP contribution in [0.4, 0.5) is 0 Å². The summed E-state index contributed by atoms with van der Waals surface area (Å²) < 4.78 is 11.4. The van der Waals surface area contributed by atoms with E-state index in [9.17, 15) is 20.1 Å². The predicted octanol–water partition coefficient (Wildman–Crippen LogP) is 3.30. The van der Waals surface area contributed by atoms with Gasteiger partial charge in [0.1, 0.15) is 6.10 Å². The summed E-state index contributed by atoms with van der Waals surface area (Å²) in [5.74, 6) is -0.891. The molecule has 2 bridgehead atoms. The molecule has 1 aromatic carbocycles. The van der Waals surface area contributed by atoms with Crippen molar-refractivity contribution in [2.45, 2.75) is 89.6 Å². The van der Waals surface area contributed by atoms with Crippen molar-refractivity contribution in [3.05, 3.63) is 47.0 Å². The standard InChI is InChI=1S/C26H40O6/c1-6-18(16-27)12-17(2)23-15-21(31-5)10-11-26(3,4)20-9-7-8-19(13-20)14-22(28)24(29)25(30)32-23/h7-9,12-13,18,21-24,27-29H,6,10-11,14-16H2,1-5H3. The summed E-state index contributed by atoms with van der Waals surface area (Å²) >= 11 is 0. The number of esters is 1. The minimum atomic E-state index is -1.65. The highest BCUT2D eigenvalue weighted by atomic mass is 16.6. The van der Waals surface area contributed by atoms with Crippen molar-refractivity contribution in [2.24, 2.45) is 5.92 Å². The number of ether oxygens (including phenoxy) is 2. The fourth-order valence-electron chi connectivity index (χ4n) is 4.18. The lowest BCUT2D eigenvalue weighted by molar-refractivity contribution is -0.164. The number of aliphatic hydroxyl groups excluding tert-OH is 3. The van der Waals surface area contributed by atoms with Gasteiger partial charge in [-0.25, -0.2) is 4.79 Å². The second-order valence-corrected chi connectivity index (χ2v) is 9.62. The largest absolute Gasteiger partial charge is 0.456 e. The quantitative estimate of drug-likeness (QED) is 0.472. The van der Waals surface area contributed by atoms with Crippen molar-refractivity contribution in [1.82, 2.24) is 0 Å². The average Bonchev–Trinajstić information content (AvgIpc) is 2.78. The minimum Gasteiger partial charge on any atom is -0.456 e. The first-order valence-corrected chi connectivity index (χ1v) is 11.6. The van der Waals surface area contributed by atoms with Gasteiger partial charge in [0.05, 0.1) is 12.2 Å². The van der Waals surface area contributed by atoms with Crippen molar-refractivity contribution < 1.29 is 29.6 Å². The summed E-state index contributed by atoms with van der Waals surface area (Å²) in [5, 5.41) is 30.6. The van der Waals surface area contributed by atoms with Crippen LogP contribution in [-0.2, 0) is 26.1 Å². The van der Waals surface area contributed by atoms with Crippen LogP contribution < -0.4 is 0 Å². The molecule has 5 atom stereocenters. The fourth-order valence-corrected chi connectivity index (χ4v) is 4.18. The number of fused-ring (bicyclic) bond motifs is 2. The number of methoxy groups -OCH3 is 1. The molecule has 0 saturated heterocycles. The van der Waals surface area contributed by atoms with Crippen LogP contribution in [0.15, 0.2) is 35.9 Å². The third-order valence-electron chi connectivity index (χ3n) is 6.68. The molecule has 6 nitrogen and oxygen atoms in total. The van der Waals surface area contributed by atoms with E-state index in [0.29, 0.717) is 6.42 Å². The molecule has 0 aliphatic carbocycles.